The minimum Gasteiger partial charge on any atom is -0.303 e. The highest BCUT2D eigenvalue weighted by Gasteiger charge is 2.30. The Hall–Kier alpha value is -0.370. The predicted molar refractivity (Wildman–Crippen MR) is 45.6 cm³/mol. The SMILES string of the molecule is CC1(C)CCCN1CCC=O. The maximum absolute atomic E-state index is 10.1. The summed E-state index contributed by atoms with van der Waals surface area (Å²) >= 11 is 0. The van der Waals surface area contributed by atoms with Crippen LogP contribution >= 0.6 is 0 Å². The molecule has 2 nitrogen and oxygen atoms in total. The summed E-state index contributed by atoms with van der Waals surface area (Å²) in [4.78, 5) is 12.6. The van der Waals surface area contributed by atoms with Crippen molar-refractivity contribution in [1.82, 2.24) is 4.90 Å². The fourth-order valence-electron chi connectivity index (χ4n) is 1.79. The Labute approximate surface area is 68.6 Å². The van der Waals surface area contributed by atoms with Crippen LogP contribution in [-0.2, 0) is 4.79 Å². The van der Waals surface area contributed by atoms with E-state index in [0.29, 0.717) is 12.0 Å². The average molecular weight is 155 g/mol. The first-order chi connectivity index (χ1) is 5.17. The van der Waals surface area contributed by atoms with Gasteiger partial charge >= 0.3 is 0 Å². The molecular formula is C9H17NO. The molecule has 0 amide bonds. The van der Waals surface area contributed by atoms with Crippen LogP contribution in [-0.4, -0.2) is 29.8 Å². The molecule has 0 N–H and O–H groups in total. The minimum absolute atomic E-state index is 0.336. The number of likely N-dealkylation sites (tertiary alicyclic amines) is 1. The van der Waals surface area contributed by atoms with E-state index in [-0.39, 0.29) is 0 Å². The highest BCUT2D eigenvalue weighted by molar-refractivity contribution is 5.49. The van der Waals surface area contributed by atoms with Crippen molar-refractivity contribution >= 4 is 6.29 Å². The maximum atomic E-state index is 10.1. The van der Waals surface area contributed by atoms with Crippen LogP contribution in [0.15, 0.2) is 0 Å². The average Bonchev–Trinajstić information content (AvgIpc) is 2.25. The number of nitrogens with zero attached hydrogens (tertiary/aromatic N) is 1. The molecule has 1 heterocycles. The van der Waals surface area contributed by atoms with E-state index < -0.39 is 0 Å². The molecule has 0 unspecified atom stereocenters. The van der Waals surface area contributed by atoms with Crippen LogP contribution in [0.25, 0.3) is 0 Å². The Morgan fingerprint density at radius 2 is 2.27 bits per heavy atom. The molecule has 0 saturated carbocycles. The van der Waals surface area contributed by atoms with Crippen LogP contribution in [0.3, 0.4) is 0 Å². The lowest BCUT2D eigenvalue weighted by Gasteiger charge is -2.30. The number of carbonyl (C=O) groups is 1. The van der Waals surface area contributed by atoms with Crippen molar-refractivity contribution in [2.24, 2.45) is 0 Å². The van der Waals surface area contributed by atoms with E-state index >= 15 is 0 Å². The van der Waals surface area contributed by atoms with Gasteiger partial charge in [0.1, 0.15) is 6.29 Å². The minimum atomic E-state index is 0.336. The lowest BCUT2D eigenvalue weighted by molar-refractivity contribution is -0.108. The van der Waals surface area contributed by atoms with Gasteiger partial charge in [0.25, 0.3) is 0 Å². The van der Waals surface area contributed by atoms with Gasteiger partial charge in [-0.25, -0.2) is 0 Å². The van der Waals surface area contributed by atoms with Gasteiger partial charge in [-0.2, -0.15) is 0 Å². The van der Waals surface area contributed by atoms with Crippen molar-refractivity contribution < 1.29 is 4.79 Å². The fraction of sp³-hybridized carbons (Fsp3) is 0.889. The van der Waals surface area contributed by atoms with Gasteiger partial charge in [0.05, 0.1) is 0 Å². The Morgan fingerprint density at radius 3 is 2.73 bits per heavy atom. The van der Waals surface area contributed by atoms with E-state index in [1.165, 1.54) is 19.4 Å². The number of hydrogen-bond donors (Lipinski definition) is 0. The zero-order chi connectivity index (χ0) is 8.32. The molecule has 0 atom stereocenters. The van der Waals surface area contributed by atoms with E-state index in [2.05, 4.69) is 18.7 Å². The second-order valence-corrected chi connectivity index (χ2v) is 3.86. The van der Waals surface area contributed by atoms with Crippen LogP contribution < -0.4 is 0 Å². The van der Waals surface area contributed by atoms with E-state index in [1.807, 2.05) is 0 Å². The summed E-state index contributed by atoms with van der Waals surface area (Å²) < 4.78 is 0. The molecule has 0 radical (unpaired) electrons. The van der Waals surface area contributed by atoms with Gasteiger partial charge in [-0.15, -0.1) is 0 Å². The Kier molecular flexibility index (Phi) is 2.66. The predicted octanol–water partition coefficient (Wildman–Crippen LogP) is 1.45. The highest BCUT2D eigenvalue weighted by atomic mass is 16.1. The number of rotatable bonds is 3. The smallest absolute Gasteiger partial charge is 0.121 e. The van der Waals surface area contributed by atoms with Crippen LogP contribution in [0.5, 0.6) is 0 Å². The van der Waals surface area contributed by atoms with Crippen molar-refractivity contribution in [3.05, 3.63) is 0 Å². The van der Waals surface area contributed by atoms with Crippen molar-refractivity contribution in [1.29, 1.82) is 0 Å². The first-order valence-corrected chi connectivity index (χ1v) is 4.35. The summed E-state index contributed by atoms with van der Waals surface area (Å²) in [5.41, 5.74) is 0.336. The van der Waals surface area contributed by atoms with E-state index in [0.717, 1.165) is 12.8 Å². The maximum Gasteiger partial charge on any atom is 0.121 e. The largest absolute Gasteiger partial charge is 0.303 e. The third-order valence-electron chi connectivity index (χ3n) is 2.59. The molecule has 1 aliphatic heterocycles. The van der Waals surface area contributed by atoms with E-state index in [1.54, 1.807) is 0 Å². The summed E-state index contributed by atoms with van der Waals surface area (Å²) in [6, 6.07) is 0. The van der Waals surface area contributed by atoms with Gasteiger partial charge in [0.2, 0.25) is 0 Å². The Morgan fingerprint density at radius 1 is 1.55 bits per heavy atom. The molecule has 1 fully saturated rings. The summed E-state index contributed by atoms with van der Waals surface area (Å²) in [6.45, 7) is 6.62. The van der Waals surface area contributed by atoms with Crippen LogP contribution in [0.2, 0.25) is 0 Å². The highest BCUT2D eigenvalue weighted by Crippen LogP contribution is 2.27. The molecule has 64 valence electrons. The third kappa shape index (κ3) is 2.03. The molecule has 0 aromatic heterocycles. The molecule has 1 aliphatic rings. The molecule has 0 spiro atoms. The van der Waals surface area contributed by atoms with Gasteiger partial charge in [-0.1, -0.05) is 0 Å². The number of aldehydes is 1. The molecular weight excluding hydrogens is 138 g/mol. The first-order valence-electron chi connectivity index (χ1n) is 4.35. The molecule has 2 heteroatoms. The van der Waals surface area contributed by atoms with Crippen molar-refractivity contribution in [2.45, 2.75) is 38.6 Å². The summed E-state index contributed by atoms with van der Waals surface area (Å²) in [7, 11) is 0. The normalized spacial score (nSPS) is 23.8. The Bertz CT molecular complexity index is 142. The van der Waals surface area contributed by atoms with Crippen LogP contribution in [0, 0.1) is 0 Å². The van der Waals surface area contributed by atoms with Gasteiger partial charge in [-0.3, -0.25) is 4.90 Å². The van der Waals surface area contributed by atoms with E-state index in [4.69, 9.17) is 0 Å². The summed E-state index contributed by atoms with van der Waals surface area (Å²) in [5.74, 6) is 0. The molecule has 1 rings (SSSR count). The van der Waals surface area contributed by atoms with Crippen LogP contribution in [0.4, 0.5) is 0 Å². The molecule has 0 bridgehead atoms. The zero-order valence-electron chi connectivity index (χ0n) is 7.47. The van der Waals surface area contributed by atoms with Gasteiger partial charge < -0.3 is 4.79 Å². The topological polar surface area (TPSA) is 20.3 Å². The molecule has 0 aromatic carbocycles. The molecule has 0 aromatic rings. The fourth-order valence-corrected chi connectivity index (χ4v) is 1.79. The number of carbonyl (C=O) groups excluding carboxylic acids is 1. The lowest BCUT2D eigenvalue weighted by atomic mass is 10.0. The molecule has 11 heavy (non-hydrogen) atoms. The third-order valence-corrected chi connectivity index (χ3v) is 2.59. The van der Waals surface area contributed by atoms with Gasteiger partial charge in [0, 0.05) is 18.5 Å². The monoisotopic (exact) mass is 155 g/mol. The van der Waals surface area contributed by atoms with Crippen molar-refractivity contribution in [3.63, 3.8) is 0 Å². The molecule has 1 saturated heterocycles. The number of hydrogen-bond acceptors (Lipinski definition) is 2. The van der Waals surface area contributed by atoms with Gasteiger partial charge in [0.15, 0.2) is 0 Å². The summed E-state index contributed by atoms with van der Waals surface area (Å²) in [6.07, 6.45) is 4.25. The van der Waals surface area contributed by atoms with Gasteiger partial charge in [-0.05, 0) is 33.2 Å². The van der Waals surface area contributed by atoms with Crippen LogP contribution in [0.1, 0.15) is 33.1 Å². The van der Waals surface area contributed by atoms with Crippen molar-refractivity contribution in [2.75, 3.05) is 13.1 Å². The lowest BCUT2D eigenvalue weighted by Crippen LogP contribution is -2.38. The second kappa shape index (κ2) is 3.35. The quantitative estimate of drug-likeness (QED) is 0.575. The van der Waals surface area contributed by atoms with Crippen molar-refractivity contribution in [3.8, 4) is 0 Å². The summed E-state index contributed by atoms with van der Waals surface area (Å²) in [5, 5.41) is 0. The first kappa shape index (κ1) is 8.72. The second-order valence-electron chi connectivity index (χ2n) is 3.86. The Balaban J connectivity index is 2.38. The standard InChI is InChI=1S/C9H17NO/c1-9(2)5-3-6-10(9)7-4-8-11/h8H,3-7H2,1-2H3. The zero-order valence-corrected chi connectivity index (χ0v) is 7.47. The molecule has 0 aliphatic carbocycles. The van der Waals surface area contributed by atoms with E-state index in [9.17, 15) is 4.79 Å².